The molecule has 0 aliphatic carbocycles. The Morgan fingerprint density at radius 2 is 0.720 bits per heavy atom. The molecule has 128 valence electrons. The van der Waals surface area contributed by atoms with Gasteiger partial charge in [-0.3, -0.25) is 0 Å². The number of hydrogen-bond acceptors (Lipinski definition) is 3. The molecular formula is C22H22S3. The van der Waals surface area contributed by atoms with E-state index in [4.69, 9.17) is 0 Å². The third-order valence-electron chi connectivity index (χ3n) is 3.69. The molecule has 0 aromatic heterocycles. The van der Waals surface area contributed by atoms with E-state index >= 15 is 0 Å². The molecule has 0 atom stereocenters. The molecule has 0 bridgehead atoms. The Morgan fingerprint density at radius 1 is 0.440 bits per heavy atom. The van der Waals surface area contributed by atoms with E-state index < -0.39 is 0 Å². The molecule has 0 amide bonds. The van der Waals surface area contributed by atoms with Crippen LogP contribution in [0.3, 0.4) is 0 Å². The number of thioether (sulfide) groups is 3. The topological polar surface area (TPSA) is 0 Å². The third kappa shape index (κ3) is 6.85. The Hall–Kier alpha value is -1.29. The lowest BCUT2D eigenvalue weighted by atomic mass is 10.2. The highest BCUT2D eigenvalue weighted by molar-refractivity contribution is 8.31. The van der Waals surface area contributed by atoms with Gasteiger partial charge >= 0.3 is 0 Å². The minimum absolute atomic E-state index is 0.528. The monoisotopic (exact) mass is 382 g/mol. The average Bonchev–Trinajstić information content (AvgIpc) is 2.70. The summed E-state index contributed by atoms with van der Waals surface area (Å²) in [6.45, 7) is 0. The molecular weight excluding hydrogens is 360 g/mol. The second-order valence-corrected chi connectivity index (χ2v) is 9.85. The van der Waals surface area contributed by atoms with Gasteiger partial charge in [0.15, 0.2) is 0 Å². The van der Waals surface area contributed by atoms with Crippen LogP contribution in [-0.2, 0) is 17.3 Å². The Balaban J connectivity index is 1.56. The fourth-order valence-electron chi connectivity index (χ4n) is 2.36. The minimum atomic E-state index is 0.528. The van der Waals surface area contributed by atoms with Crippen LogP contribution in [0.5, 0.6) is 0 Å². The van der Waals surface area contributed by atoms with E-state index in [0.29, 0.717) is 3.91 Å². The lowest BCUT2D eigenvalue weighted by molar-refractivity contribution is 1.39. The molecule has 0 spiro atoms. The van der Waals surface area contributed by atoms with Gasteiger partial charge in [-0.2, -0.15) is 0 Å². The molecule has 0 fully saturated rings. The summed E-state index contributed by atoms with van der Waals surface area (Å²) in [5.74, 6) is 3.19. The molecule has 25 heavy (non-hydrogen) atoms. The lowest BCUT2D eigenvalue weighted by Gasteiger charge is -2.16. The zero-order chi connectivity index (χ0) is 17.2. The van der Waals surface area contributed by atoms with Crippen molar-refractivity contribution in [2.45, 2.75) is 21.2 Å². The van der Waals surface area contributed by atoms with Crippen LogP contribution in [0.1, 0.15) is 16.7 Å². The molecule has 0 saturated heterocycles. The lowest BCUT2D eigenvalue weighted by Crippen LogP contribution is -1.95. The summed E-state index contributed by atoms with van der Waals surface area (Å²) in [6, 6.07) is 32.3. The molecule has 0 unspecified atom stereocenters. The van der Waals surface area contributed by atoms with Crippen molar-refractivity contribution in [2.75, 3.05) is 0 Å². The standard InChI is InChI=1S/C22H22S3/c1-4-10-19(11-5-1)16-23-22(24-17-20-12-6-2-7-13-20)25-18-21-14-8-3-9-15-21/h1-15,22H,16-18H2. The molecule has 0 nitrogen and oxygen atoms in total. The highest BCUT2D eigenvalue weighted by atomic mass is 32.3. The van der Waals surface area contributed by atoms with Crippen molar-refractivity contribution in [1.29, 1.82) is 0 Å². The van der Waals surface area contributed by atoms with E-state index in [2.05, 4.69) is 91.0 Å². The molecule has 0 heterocycles. The van der Waals surface area contributed by atoms with Gasteiger partial charge in [0.2, 0.25) is 0 Å². The molecule has 0 aliphatic rings. The number of hydrogen-bond donors (Lipinski definition) is 0. The molecule has 0 saturated carbocycles. The first-order valence-electron chi connectivity index (χ1n) is 8.37. The van der Waals surface area contributed by atoms with Gasteiger partial charge < -0.3 is 0 Å². The summed E-state index contributed by atoms with van der Waals surface area (Å²) in [6.07, 6.45) is 0. The first-order chi connectivity index (χ1) is 12.4. The van der Waals surface area contributed by atoms with E-state index in [1.807, 2.05) is 35.3 Å². The van der Waals surface area contributed by atoms with E-state index in [1.54, 1.807) is 0 Å². The number of rotatable bonds is 9. The Morgan fingerprint density at radius 3 is 1.00 bits per heavy atom. The maximum Gasteiger partial charge on any atom is 0.0965 e. The van der Waals surface area contributed by atoms with Gasteiger partial charge in [-0.1, -0.05) is 91.0 Å². The van der Waals surface area contributed by atoms with Crippen molar-refractivity contribution < 1.29 is 0 Å². The predicted molar refractivity (Wildman–Crippen MR) is 117 cm³/mol. The van der Waals surface area contributed by atoms with Crippen LogP contribution in [0.15, 0.2) is 91.0 Å². The summed E-state index contributed by atoms with van der Waals surface area (Å²) in [4.78, 5) is 0. The third-order valence-corrected chi connectivity index (χ3v) is 8.45. The van der Waals surface area contributed by atoms with Crippen LogP contribution in [0.2, 0.25) is 0 Å². The molecule has 0 N–H and O–H groups in total. The Bertz CT molecular complexity index is 611. The van der Waals surface area contributed by atoms with E-state index in [1.165, 1.54) is 16.7 Å². The van der Waals surface area contributed by atoms with Crippen LogP contribution in [0, 0.1) is 0 Å². The zero-order valence-electron chi connectivity index (χ0n) is 14.1. The molecule has 0 aliphatic heterocycles. The predicted octanol–water partition coefficient (Wildman–Crippen LogP) is 7.07. The van der Waals surface area contributed by atoms with Crippen molar-refractivity contribution in [3.05, 3.63) is 108 Å². The molecule has 3 aromatic rings. The SMILES string of the molecule is c1ccc(CSC(SCc2ccccc2)SCc2ccccc2)cc1. The van der Waals surface area contributed by atoms with Gasteiger partial charge in [0.05, 0.1) is 3.91 Å². The van der Waals surface area contributed by atoms with Gasteiger partial charge in [0.25, 0.3) is 0 Å². The average molecular weight is 383 g/mol. The fraction of sp³-hybridized carbons (Fsp3) is 0.182. The minimum Gasteiger partial charge on any atom is -0.132 e. The van der Waals surface area contributed by atoms with Gasteiger partial charge in [-0.25, -0.2) is 0 Å². The van der Waals surface area contributed by atoms with Crippen molar-refractivity contribution in [3.8, 4) is 0 Å². The van der Waals surface area contributed by atoms with Crippen LogP contribution in [-0.4, -0.2) is 3.91 Å². The smallest absolute Gasteiger partial charge is 0.0965 e. The first-order valence-corrected chi connectivity index (χ1v) is 11.5. The summed E-state index contributed by atoms with van der Waals surface area (Å²) in [7, 11) is 0. The van der Waals surface area contributed by atoms with Crippen molar-refractivity contribution in [2.24, 2.45) is 0 Å². The maximum absolute atomic E-state index is 2.22. The quantitative estimate of drug-likeness (QED) is 0.363. The summed E-state index contributed by atoms with van der Waals surface area (Å²) >= 11 is 6.12. The fourth-order valence-corrected chi connectivity index (χ4v) is 6.30. The second kappa shape index (κ2) is 10.6. The van der Waals surface area contributed by atoms with Crippen molar-refractivity contribution in [1.82, 2.24) is 0 Å². The van der Waals surface area contributed by atoms with Crippen molar-refractivity contribution >= 4 is 35.3 Å². The van der Waals surface area contributed by atoms with Gasteiger partial charge in [-0.15, -0.1) is 35.3 Å². The first kappa shape index (κ1) is 18.5. The number of benzene rings is 3. The molecule has 0 radical (unpaired) electrons. The van der Waals surface area contributed by atoms with Crippen LogP contribution in [0.4, 0.5) is 0 Å². The van der Waals surface area contributed by atoms with Crippen LogP contribution >= 0.6 is 35.3 Å². The van der Waals surface area contributed by atoms with Crippen molar-refractivity contribution in [3.63, 3.8) is 0 Å². The summed E-state index contributed by atoms with van der Waals surface area (Å²) < 4.78 is 0.528. The van der Waals surface area contributed by atoms with Gasteiger partial charge in [0, 0.05) is 17.3 Å². The highest BCUT2D eigenvalue weighted by Crippen LogP contribution is 2.39. The summed E-state index contributed by atoms with van der Waals surface area (Å²) in [5.41, 5.74) is 4.20. The normalized spacial score (nSPS) is 10.9. The second-order valence-electron chi connectivity index (χ2n) is 5.68. The largest absolute Gasteiger partial charge is 0.132 e. The molecule has 3 heteroatoms. The maximum atomic E-state index is 2.22. The van der Waals surface area contributed by atoms with E-state index in [0.717, 1.165) is 17.3 Å². The van der Waals surface area contributed by atoms with E-state index in [9.17, 15) is 0 Å². The molecule has 3 rings (SSSR count). The Kier molecular flexibility index (Phi) is 7.88. The van der Waals surface area contributed by atoms with Crippen LogP contribution < -0.4 is 0 Å². The van der Waals surface area contributed by atoms with Gasteiger partial charge in [0.1, 0.15) is 0 Å². The highest BCUT2D eigenvalue weighted by Gasteiger charge is 2.11. The summed E-state index contributed by atoms with van der Waals surface area (Å²) in [5, 5.41) is 0. The Labute approximate surface area is 163 Å². The van der Waals surface area contributed by atoms with Crippen LogP contribution in [0.25, 0.3) is 0 Å². The van der Waals surface area contributed by atoms with Gasteiger partial charge in [-0.05, 0) is 16.7 Å². The molecule has 3 aromatic carbocycles. The zero-order valence-corrected chi connectivity index (χ0v) is 16.5. The van der Waals surface area contributed by atoms with E-state index in [-0.39, 0.29) is 0 Å².